The van der Waals surface area contributed by atoms with Gasteiger partial charge in [0, 0.05) is 4.90 Å². The molecule has 0 aromatic heterocycles. The highest BCUT2D eigenvalue weighted by atomic mass is 32.2. The van der Waals surface area contributed by atoms with Crippen LogP contribution in [0.2, 0.25) is 0 Å². The summed E-state index contributed by atoms with van der Waals surface area (Å²) in [6, 6.07) is 17.3. The molecule has 0 spiro atoms. The number of rotatable bonds is 4. The van der Waals surface area contributed by atoms with Gasteiger partial charge in [-0.25, -0.2) is 0 Å². The first-order valence-corrected chi connectivity index (χ1v) is 8.50. The molecule has 1 atom stereocenters. The van der Waals surface area contributed by atoms with Gasteiger partial charge in [-0.1, -0.05) is 48.9 Å². The second kappa shape index (κ2) is 6.02. The Labute approximate surface area is 125 Å². The lowest BCUT2D eigenvalue weighted by atomic mass is 9.79. The van der Waals surface area contributed by atoms with Gasteiger partial charge in [0.1, 0.15) is 0 Å². The summed E-state index contributed by atoms with van der Waals surface area (Å²) in [6.07, 6.45) is 6.15. The van der Waals surface area contributed by atoms with E-state index in [1.807, 2.05) is 0 Å². The van der Waals surface area contributed by atoms with Crippen LogP contribution in [0.5, 0.6) is 0 Å². The highest BCUT2D eigenvalue weighted by Gasteiger charge is 2.20. The van der Waals surface area contributed by atoms with Crippen molar-refractivity contribution >= 4 is 11.8 Å². The number of thioether (sulfide) groups is 1. The standard InChI is InChI=1S/C18H21NS/c1-20-17-11-3-2-10-16(17)18(19)15-9-5-8-14(12-15)13-6-4-7-13/h2-3,5,8-13,18H,4,6-7,19H2,1H3. The Hall–Kier alpha value is -1.25. The molecule has 2 N–H and O–H groups in total. The predicted molar refractivity (Wildman–Crippen MR) is 87.3 cm³/mol. The third kappa shape index (κ3) is 2.63. The minimum atomic E-state index is -0.0290. The van der Waals surface area contributed by atoms with Gasteiger partial charge in [0.05, 0.1) is 6.04 Å². The van der Waals surface area contributed by atoms with Crippen LogP contribution < -0.4 is 5.73 Å². The van der Waals surface area contributed by atoms with Gasteiger partial charge in [-0.2, -0.15) is 0 Å². The van der Waals surface area contributed by atoms with Crippen molar-refractivity contribution in [3.63, 3.8) is 0 Å². The zero-order valence-corrected chi connectivity index (χ0v) is 12.7. The van der Waals surface area contributed by atoms with Crippen molar-refractivity contribution < 1.29 is 0 Å². The van der Waals surface area contributed by atoms with E-state index in [4.69, 9.17) is 5.73 Å². The normalized spacial score (nSPS) is 16.7. The molecule has 2 heteroatoms. The molecular weight excluding hydrogens is 262 g/mol. The molecule has 1 unspecified atom stereocenters. The molecule has 1 aliphatic rings. The molecule has 0 heterocycles. The Morgan fingerprint density at radius 1 is 1.10 bits per heavy atom. The van der Waals surface area contributed by atoms with E-state index in [-0.39, 0.29) is 6.04 Å². The molecule has 0 amide bonds. The fraction of sp³-hybridized carbons (Fsp3) is 0.333. The van der Waals surface area contributed by atoms with Crippen molar-refractivity contribution in [2.45, 2.75) is 36.1 Å². The molecule has 1 nitrogen and oxygen atoms in total. The molecule has 0 aliphatic heterocycles. The Balaban J connectivity index is 1.91. The molecule has 3 rings (SSSR count). The van der Waals surface area contributed by atoms with Crippen molar-refractivity contribution in [3.8, 4) is 0 Å². The summed E-state index contributed by atoms with van der Waals surface area (Å²) >= 11 is 1.76. The minimum Gasteiger partial charge on any atom is -0.320 e. The number of benzene rings is 2. The second-order valence-electron chi connectivity index (χ2n) is 5.52. The average molecular weight is 283 g/mol. The number of hydrogen-bond acceptors (Lipinski definition) is 2. The maximum Gasteiger partial charge on any atom is 0.0562 e. The van der Waals surface area contributed by atoms with E-state index in [0.29, 0.717) is 0 Å². The van der Waals surface area contributed by atoms with Gasteiger partial charge in [-0.05, 0) is 47.8 Å². The molecule has 2 aromatic carbocycles. The molecule has 1 saturated carbocycles. The average Bonchev–Trinajstić information content (AvgIpc) is 2.45. The third-order valence-corrected chi connectivity index (χ3v) is 5.13. The topological polar surface area (TPSA) is 26.0 Å². The Morgan fingerprint density at radius 3 is 2.60 bits per heavy atom. The van der Waals surface area contributed by atoms with Crippen molar-refractivity contribution in [3.05, 3.63) is 65.2 Å². The highest BCUT2D eigenvalue weighted by Crippen LogP contribution is 2.37. The van der Waals surface area contributed by atoms with E-state index in [1.165, 1.54) is 40.8 Å². The van der Waals surface area contributed by atoms with E-state index in [0.717, 1.165) is 5.92 Å². The van der Waals surface area contributed by atoms with E-state index in [9.17, 15) is 0 Å². The monoisotopic (exact) mass is 283 g/mol. The van der Waals surface area contributed by atoms with E-state index >= 15 is 0 Å². The molecule has 1 aliphatic carbocycles. The maximum absolute atomic E-state index is 6.51. The van der Waals surface area contributed by atoms with Crippen LogP contribution in [0.3, 0.4) is 0 Å². The van der Waals surface area contributed by atoms with Gasteiger partial charge in [0.15, 0.2) is 0 Å². The van der Waals surface area contributed by atoms with Gasteiger partial charge in [-0.15, -0.1) is 11.8 Å². The SMILES string of the molecule is CSc1ccccc1C(N)c1cccc(C2CCC2)c1. The van der Waals surface area contributed by atoms with Gasteiger partial charge in [0.25, 0.3) is 0 Å². The van der Waals surface area contributed by atoms with E-state index < -0.39 is 0 Å². The van der Waals surface area contributed by atoms with Gasteiger partial charge < -0.3 is 5.73 Å². The van der Waals surface area contributed by atoms with Crippen LogP contribution in [-0.2, 0) is 0 Å². The fourth-order valence-corrected chi connectivity index (χ4v) is 3.50. The van der Waals surface area contributed by atoms with Gasteiger partial charge in [-0.3, -0.25) is 0 Å². The Morgan fingerprint density at radius 2 is 1.90 bits per heavy atom. The lowest BCUT2D eigenvalue weighted by Gasteiger charge is -2.27. The summed E-state index contributed by atoms with van der Waals surface area (Å²) in [5, 5.41) is 0. The molecular formula is C18H21NS. The lowest BCUT2D eigenvalue weighted by molar-refractivity contribution is 0.419. The van der Waals surface area contributed by atoms with Crippen LogP contribution in [0, 0.1) is 0 Å². The first-order valence-electron chi connectivity index (χ1n) is 7.28. The van der Waals surface area contributed by atoms with Crippen LogP contribution in [0.4, 0.5) is 0 Å². The largest absolute Gasteiger partial charge is 0.320 e. The van der Waals surface area contributed by atoms with Crippen molar-refractivity contribution in [1.29, 1.82) is 0 Å². The second-order valence-corrected chi connectivity index (χ2v) is 6.37. The summed E-state index contributed by atoms with van der Waals surface area (Å²) in [5.74, 6) is 0.762. The lowest BCUT2D eigenvalue weighted by Crippen LogP contribution is -2.14. The van der Waals surface area contributed by atoms with Crippen LogP contribution >= 0.6 is 11.8 Å². The quantitative estimate of drug-likeness (QED) is 0.821. The summed E-state index contributed by atoms with van der Waals surface area (Å²) in [7, 11) is 0. The number of nitrogens with two attached hydrogens (primary N) is 1. The van der Waals surface area contributed by atoms with E-state index in [2.05, 4.69) is 54.8 Å². The van der Waals surface area contributed by atoms with Crippen LogP contribution in [0.25, 0.3) is 0 Å². The molecule has 0 radical (unpaired) electrons. The highest BCUT2D eigenvalue weighted by molar-refractivity contribution is 7.98. The Bertz CT molecular complexity index is 589. The van der Waals surface area contributed by atoms with Gasteiger partial charge >= 0.3 is 0 Å². The maximum atomic E-state index is 6.51. The minimum absolute atomic E-state index is 0.0290. The zero-order chi connectivity index (χ0) is 13.9. The van der Waals surface area contributed by atoms with Crippen LogP contribution in [0.1, 0.15) is 47.9 Å². The van der Waals surface area contributed by atoms with Crippen molar-refractivity contribution in [2.75, 3.05) is 6.26 Å². The molecule has 20 heavy (non-hydrogen) atoms. The number of hydrogen-bond donors (Lipinski definition) is 1. The third-order valence-electron chi connectivity index (χ3n) is 4.32. The zero-order valence-electron chi connectivity index (χ0n) is 11.9. The van der Waals surface area contributed by atoms with Crippen LogP contribution in [-0.4, -0.2) is 6.26 Å². The smallest absolute Gasteiger partial charge is 0.0562 e. The van der Waals surface area contributed by atoms with Gasteiger partial charge in [0.2, 0.25) is 0 Å². The van der Waals surface area contributed by atoms with Crippen molar-refractivity contribution in [2.24, 2.45) is 5.73 Å². The Kier molecular flexibility index (Phi) is 4.13. The first-order chi connectivity index (χ1) is 9.79. The summed E-state index contributed by atoms with van der Waals surface area (Å²) < 4.78 is 0. The molecule has 2 aromatic rings. The fourth-order valence-electron chi connectivity index (χ4n) is 2.85. The molecule has 0 bridgehead atoms. The molecule has 0 saturated heterocycles. The van der Waals surface area contributed by atoms with E-state index in [1.54, 1.807) is 11.8 Å². The summed E-state index contributed by atoms with van der Waals surface area (Å²) in [6.45, 7) is 0. The van der Waals surface area contributed by atoms with Crippen molar-refractivity contribution in [1.82, 2.24) is 0 Å². The summed E-state index contributed by atoms with van der Waals surface area (Å²) in [5.41, 5.74) is 10.4. The summed E-state index contributed by atoms with van der Waals surface area (Å²) in [4.78, 5) is 1.27. The first kappa shape index (κ1) is 13.7. The molecule has 1 fully saturated rings. The predicted octanol–water partition coefficient (Wildman–Crippen LogP) is 4.72. The molecule has 104 valence electrons. The van der Waals surface area contributed by atoms with Crippen LogP contribution in [0.15, 0.2) is 53.4 Å².